The van der Waals surface area contributed by atoms with Crippen LogP contribution in [0.5, 0.6) is 0 Å². The first-order valence-electron chi connectivity index (χ1n) is 5.50. The second-order valence-corrected chi connectivity index (χ2v) is 3.91. The number of aromatic nitrogens is 1. The quantitative estimate of drug-likeness (QED) is 0.801. The van der Waals surface area contributed by atoms with E-state index in [9.17, 15) is 4.79 Å². The number of hydrogen-bond acceptors (Lipinski definition) is 4. The number of nitriles is 1. The van der Waals surface area contributed by atoms with Crippen LogP contribution < -0.4 is 4.90 Å². The Bertz CT molecular complexity index is 503. The molecule has 0 radical (unpaired) electrons. The zero-order valence-electron chi connectivity index (χ0n) is 10.4. The summed E-state index contributed by atoms with van der Waals surface area (Å²) in [5.74, 6) is -0.180. The minimum Gasteiger partial charge on any atom is -0.478 e. The minimum absolute atomic E-state index is 0.443. The first-order valence-corrected chi connectivity index (χ1v) is 5.50. The van der Waals surface area contributed by atoms with E-state index in [1.54, 1.807) is 6.20 Å². The van der Waals surface area contributed by atoms with Crippen LogP contribution in [-0.4, -0.2) is 29.7 Å². The van der Waals surface area contributed by atoms with Gasteiger partial charge in [0, 0.05) is 25.9 Å². The maximum atomic E-state index is 10.4. The standard InChI is InChI=1S/C13H15N3O2/c1-10-8-11(4-5-12(17)18)9-15-13(10)16(2)7-3-6-14/h4-5,8-9H,3,7H2,1-2H3,(H,17,18)/b5-4+. The normalized spacial score (nSPS) is 10.3. The Morgan fingerprint density at radius 2 is 2.39 bits per heavy atom. The molecule has 5 nitrogen and oxygen atoms in total. The Balaban J connectivity index is 2.86. The highest BCUT2D eigenvalue weighted by atomic mass is 16.4. The van der Waals surface area contributed by atoms with Crippen LogP contribution in [0.25, 0.3) is 6.08 Å². The molecule has 1 aromatic heterocycles. The van der Waals surface area contributed by atoms with Crippen LogP contribution in [0.15, 0.2) is 18.3 Å². The van der Waals surface area contributed by atoms with Gasteiger partial charge < -0.3 is 10.0 Å². The van der Waals surface area contributed by atoms with Crippen molar-refractivity contribution >= 4 is 17.9 Å². The van der Waals surface area contributed by atoms with Gasteiger partial charge in [-0.3, -0.25) is 0 Å². The van der Waals surface area contributed by atoms with Crippen molar-refractivity contribution in [1.29, 1.82) is 5.26 Å². The summed E-state index contributed by atoms with van der Waals surface area (Å²) >= 11 is 0. The third kappa shape index (κ3) is 3.91. The summed E-state index contributed by atoms with van der Waals surface area (Å²) in [4.78, 5) is 16.6. The van der Waals surface area contributed by atoms with Crippen molar-refractivity contribution in [3.8, 4) is 6.07 Å². The maximum absolute atomic E-state index is 10.4. The number of aliphatic carboxylic acids is 1. The van der Waals surface area contributed by atoms with Crippen molar-refractivity contribution in [2.75, 3.05) is 18.5 Å². The third-order valence-corrected chi connectivity index (χ3v) is 2.41. The fourth-order valence-electron chi connectivity index (χ4n) is 1.57. The largest absolute Gasteiger partial charge is 0.478 e. The predicted molar refractivity (Wildman–Crippen MR) is 69.1 cm³/mol. The molecule has 0 saturated carbocycles. The van der Waals surface area contributed by atoms with Crippen LogP contribution in [0.2, 0.25) is 0 Å². The van der Waals surface area contributed by atoms with E-state index in [0.717, 1.165) is 23.0 Å². The Morgan fingerprint density at radius 3 is 2.94 bits per heavy atom. The summed E-state index contributed by atoms with van der Waals surface area (Å²) in [6.45, 7) is 2.53. The number of anilines is 1. The number of carboxylic acid groups (broad SMARTS) is 1. The number of nitrogens with zero attached hydrogens (tertiary/aromatic N) is 3. The number of pyridine rings is 1. The molecule has 0 aliphatic heterocycles. The SMILES string of the molecule is Cc1cc(/C=C/C(=O)O)cnc1N(C)CCC#N. The van der Waals surface area contributed by atoms with Gasteiger partial charge in [-0.15, -0.1) is 0 Å². The predicted octanol–water partition coefficient (Wildman–Crippen LogP) is 1.84. The molecule has 1 N–H and O–H groups in total. The first-order chi connectivity index (χ1) is 8.54. The summed E-state index contributed by atoms with van der Waals surface area (Å²) in [7, 11) is 1.87. The van der Waals surface area contributed by atoms with Crippen LogP contribution in [0.3, 0.4) is 0 Å². The highest BCUT2D eigenvalue weighted by Crippen LogP contribution is 2.17. The molecule has 94 valence electrons. The van der Waals surface area contributed by atoms with E-state index in [2.05, 4.69) is 11.1 Å². The molecule has 1 heterocycles. The number of aryl methyl sites for hydroxylation is 1. The van der Waals surface area contributed by atoms with Gasteiger partial charge in [-0.2, -0.15) is 5.26 Å². The van der Waals surface area contributed by atoms with Gasteiger partial charge in [0.25, 0.3) is 0 Å². The van der Waals surface area contributed by atoms with Gasteiger partial charge >= 0.3 is 5.97 Å². The van der Waals surface area contributed by atoms with Gasteiger partial charge in [-0.25, -0.2) is 9.78 Å². The van der Waals surface area contributed by atoms with Crippen molar-refractivity contribution in [3.63, 3.8) is 0 Å². The number of rotatable bonds is 5. The lowest BCUT2D eigenvalue weighted by Gasteiger charge is -2.18. The zero-order valence-corrected chi connectivity index (χ0v) is 10.4. The van der Waals surface area contributed by atoms with E-state index in [1.807, 2.05) is 24.9 Å². The molecule has 0 saturated heterocycles. The Kier molecular flexibility index (Phi) is 4.88. The van der Waals surface area contributed by atoms with E-state index in [4.69, 9.17) is 10.4 Å². The molecule has 5 heteroatoms. The van der Waals surface area contributed by atoms with E-state index in [0.29, 0.717) is 13.0 Å². The molecule has 0 amide bonds. The Hall–Kier alpha value is -2.35. The lowest BCUT2D eigenvalue weighted by atomic mass is 10.2. The van der Waals surface area contributed by atoms with Gasteiger partial charge in [0.2, 0.25) is 0 Å². The zero-order chi connectivity index (χ0) is 13.5. The van der Waals surface area contributed by atoms with Crippen LogP contribution in [0, 0.1) is 18.3 Å². The van der Waals surface area contributed by atoms with Gasteiger partial charge in [0.15, 0.2) is 0 Å². The van der Waals surface area contributed by atoms with E-state index in [1.165, 1.54) is 6.08 Å². The fraction of sp³-hybridized carbons (Fsp3) is 0.308. The summed E-state index contributed by atoms with van der Waals surface area (Å²) < 4.78 is 0. The molecule has 0 aromatic carbocycles. The summed E-state index contributed by atoms with van der Waals surface area (Å²) in [5, 5.41) is 17.1. The van der Waals surface area contributed by atoms with Gasteiger partial charge in [-0.1, -0.05) is 0 Å². The van der Waals surface area contributed by atoms with E-state index >= 15 is 0 Å². The molecule has 0 aliphatic carbocycles. The van der Waals surface area contributed by atoms with Crippen LogP contribution in [0.4, 0.5) is 5.82 Å². The van der Waals surface area contributed by atoms with Gasteiger partial charge in [-0.05, 0) is 30.2 Å². The molecule has 1 aromatic rings. The molecule has 0 spiro atoms. The van der Waals surface area contributed by atoms with Gasteiger partial charge in [0.05, 0.1) is 12.5 Å². The number of hydrogen-bond donors (Lipinski definition) is 1. The third-order valence-electron chi connectivity index (χ3n) is 2.41. The fourth-order valence-corrected chi connectivity index (χ4v) is 1.57. The average Bonchev–Trinajstić information content (AvgIpc) is 2.33. The highest BCUT2D eigenvalue weighted by molar-refractivity contribution is 5.85. The summed E-state index contributed by atoms with van der Waals surface area (Å²) in [6.07, 6.45) is 4.64. The van der Waals surface area contributed by atoms with E-state index < -0.39 is 5.97 Å². The maximum Gasteiger partial charge on any atom is 0.328 e. The first kappa shape index (κ1) is 13.7. The Labute approximate surface area is 106 Å². The molecule has 18 heavy (non-hydrogen) atoms. The number of carboxylic acids is 1. The molecule has 0 unspecified atom stereocenters. The van der Waals surface area contributed by atoms with Gasteiger partial charge in [0.1, 0.15) is 5.82 Å². The topological polar surface area (TPSA) is 77.2 Å². The number of carbonyl (C=O) groups is 1. The molecule has 0 atom stereocenters. The molecule has 0 bridgehead atoms. The second-order valence-electron chi connectivity index (χ2n) is 3.91. The van der Waals surface area contributed by atoms with Crippen molar-refractivity contribution in [1.82, 2.24) is 4.98 Å². The van der Waals surface area contributed by atoms with Crippen LogP contribution in [-0.2, 0) is 4.79 Å². The van der Waals surface area contributed by atoms with Crippen LogP contribution >= 0.6 is 0 Å². The smallest absolute Gasteiger partial charge is 0.328 e. The monoisotopic (exact) mass is 245 g/mol. The summed E-state index contributed by atoms with van der Waals surface area (Å²) in [5.41, 5.74) is 1.69. The van der Waals surface area contributed by atoms with E-state index in [-0.39, 0.29) is 0 Å². The minimum atomic E-state index is -0.983. The van der Waals surface area contributed by atoms with Crippen molar-refractivity contribution < 1.29 is 9.90 Å². The Morgan fingerprint density at radius 1 is 1.67 bits per heavy atom. The molecule has 1 rings (SSSR count). The van der Waals surface area contributed by atoms with Crippen molar-refractivity contribution in [2.45, 2.75) is 13.3 Å². The lowest BCUT2D eigenvalue weighted by molar-refractivity contribution is -0.131. The molecule has 0 aliphatic rings. The highest BCUT2D eigenvalue weighted by Gasteiger charge is 2.06. The second kappa shape index (κ2) is 6.40. The van der Waals surface area contributed by atoms with Crippen LogP contribution in [0.1, 0.15) is 17.5 Å². The van der Waals surface area contributed by atoms with Crippen molar-refractivity contribution in [3.05, 3.63) is 29.5 Å². The van der Waals surface area contributed by atoms with Crippen molar-refractivity contribution in [2.24, 2.45) is 0 Å². The molecular weight excluding hydrogens is 230 g/mol. The average molecular weight is 245 g/mol. The molecular formula is C13H15N3O2. The molecule has 0 fully saturated rings. The summed E-state index contributed by atoms with van der Waals surface area (Å²) in [6, 6.07) is 3.95. The lowest BCUT2D eigenvalue weighted by Crippen LogP contribution is -2.20.